The van der Waals surface area contributed by atoms with Crippen LogP contribution >= 0.6 is 11.3 Å². The molecular weight excluding hydrogens is 240 g/mol. The van der Waals surface area contributed by atoms with Crippen molar-refractivity contribution in [2.45, 2.75) is 52.0 Å². The van der Waals surface area contributed by atoms with E-state index in [1.54, 1.807) is 0 Å². The highest BCUT2D eigenvalue weighted by Gasteiger charge is 2.53. The van der Waals surface area contributed by atoms with E-state index in [4.69, 9.17) is 4.98 Å². The summed E-state index contributed by atoms with van der Waals surface area (Å²) in [6.45, 7) is 4.31. The van der Waals surface area contributed by atoms with Crippen molar-refractivity contribution < 1.29 is 0 Å². The third-order valence-corrected chi connectivity index (χ3v) is 6.12. The number of nitrogens with one attached hydrogen (secondary N) is 1. The largest absolute Gasteiger partial charge is 0.316 e. The first-order valence-electron chi connectivity index (χ1n) is 7.31. The van der Waals surface area contributed by atoms with Crippen LogP contribution in [0.4, 0.5) is 0 Å². The molecule has 100 valence electrons. The Bertz CT molecular complexity index is 395. The summed E-state index contributed by atoms with van der Waals surface area (Å²) >= 11 is 1.89. The quantitative estimate of drug-likeness (QED) is 0.902. The van der Waals surface area contributed by atoms with Gasteiger partial charge in [0.05, 0.1) is 10.7 Å². The molecule has 1 heterocycles. The molecule has 18 heavy (non-hydrogen) atoms. The van der Waals surface area contributed by atoms with Gasteiger partial charge < -0.3 is 5.32 Å². The third kappa shape index (κ3) is 2.23. The van der Waals surface area contributed by atoms with Crippen molar-refractivity contribution in [3.63, 3.8) is 0 Å². The number of hydrogen-bond acceptors (Lipinski definition) is 3. The molecule has 0 bridgehead atoms. The van der Waals surface area contributed by atoms with Gasteiger partial charge in [-0.3, -0.25) is 0 Å². The summed E-state index contributed by atoms with van der Waals surface area (Å²) in [6.07, 6.45) is 7.01. The van der Waals surface area contributed by atoms with E-state index in [-0.39, 0.29) is 0 Å². The lowest BCUT2D eigenvalue weighted by molar-refractivity contribution is 0.459. The first-order chi connectivity index (χ1) is 8.70. The topological polar surface area (TPSA) is 24.9 Å². The van der Waals surface area contributed by atoms with E-state index in [2.05, 4.69) is 26.2 Å². The number of likely N-dealkylation sites (N-methyl/N-ethyl adjacent to an activating group) is 1. The minimum atomic E-state index is 0.656. The molecule has 0 amide bonds. The summed E-state index contributed by atoms with van der Waals surface area (Å²) < 4.78 is 0. The molecule has 2 aliphatic carbocycles. The molecule has 2 saturated carbocycles. The summed E-state index contributed by atoms with van der Waals surface area (Å²) in [5, 5.41) is 4.89. The highest BCUT2D eigenvalue weighted by molar-refractivity contribution is 7.11. The van der Waals surface area contributed by atoms with Gasteiger partial charge in [0.1, 0.15) is 0 Å². The molecule has 2 aliphatic rings. The zero-order chi connectivity index (χ0) is 12.7. The fraction of sp³-hybridized carbons (Fsp3) is 0.800. The maximum Gasteiger partial charge on any atom is 0.0946 e. The second-order valence-electron chi connectivity index (χ2n) is 6.04. The van der Waals surface area contributed by atoms with Crippen molar-refractivity contribution in [1.82, 2.24) is 10.3 Å². The normalized spacial score (nSPS) is 32.1. The highest BCUT2D eigenvalue weighted by atomic mass is 32.1. The predicted molar refractivity (Wildman–Crippen MR) is 77.1 cm³/mol. The summed E-state index contributed by atoms with van der Waals surface area (Å²) in [5.74, 6) is 2.98. The van der Waals surface area contributed by atoms with Crippen molar-refractivity contribution in [3.8, 4) is 0 Å². The van der Waals surface area contributed by atoms with E-state index < -0.39 is 0 Å². The van der Waals surface area contributed by atoms with E-state index in [1.807, 2.05) is 11.3 Å². The van der Waals surface area contributed by atoms with E-state index in [9.17, 15) is 0 Å². The van der Waals surface area contributed by atoms with Gasteiger partial charge in [-0.25, -0.2) is 4.98 Å². The first-order valence-corrected chi connectivity index (χ1v) is 8.12. The van der Waals surface area contributed by atoms with Crippen LogP contribution in [-0.2, 0) is 6.42 Å². The molecule has 1 aromatic heterocycles. The minimum Gasteiger partial charge on any atom is -0.316 e. The van der Waals surface area contributed by atoms with Gasteiger partial charge in [0.2, 0.25) is 0 Å². The molecule has 3 unspecified atom stereocenters. The number of hydrogen-bond donors (Lipinski definition) is 1. The lowest BCUT2D eigenvalue weighted by Gasteiger charge is -2.14. The number of aromatic nitrogens is 1. The van der Waals surface area contributed by atoms with E-state index in [0.717, 1.165) is 24.2 Å². The number of nitrogens with zero attached hydrogens (tertiary/aromatic N) is 1. The Hall–Kier alpha value is -0.410. The van der Waals surface area contributed by atoms with E-state index in [0.29, 0.717) is 6.04 Å². The van der Waals surface area contributed by atoms with Crippen molar-refractivity contribution in [1.29, 1.82) is 0 Å². The first kappa shape index (κ1) is 12.6. The van der Waals surface area contributed by atoms with Crippen LogP contribution in [0.15, 0.2) is 0 Å². The fourth-order valence-electron chi connectivity index (χ4n) is 3.89. The van der Waals surface area contributed by atoms with Gasteiger partial charge >= 0.3 is 0 Å². The average molecular weight is 264 g/mol. The second kappa shape index (κ2) is 4.93. The predicted octanol–water partition coefficient (Wildman–Crippen LogP) is 3.33. The van der Waals surface area contributed by atoms with E-state index in [1.165, 1.54) is 41.3 Å². The number of thiazole rings is 1. The minimum absolute atomic E-state index is 0.656. The van der Waals surface area contributed by atoms with Crippen LogP contribution in [0, 0.1) is 31.6 Å². The lowest BCUT2D eigenvalue weighted by atomic mass is 10.0. The molecule has 3 atom stereocenters. The molecular formula is C15H24N2S. The Kier molecular flexibility index (Phi) is 3.46. The summed E-state index contributed by atoms with van der Waals surface area (Å²) in [6, 6.07) is 0.656. The summed E-state index contributed by atoms with van der Waals surface area (Å²) in [7, 11) is 2.13. The Morgan fingerprint density at radius 3 is 2.44 bits per heavy atom. The number of fused-ring (bicyclic) bond motifs is 1. The van der Waals surface area contributed by atoms with Gasteiger partial charge in [0, 0.05) is 17.3 Å². The van der Waals surface area contributed by atoms with Gasteiger partial charge in [-0.2, -0.15) is 0 Å². The second-order valence-corrected chi connectivity index (χ2v) is 7.33. The molecule has 0 aromatic carbocycles. The van der Waals surface area contributed by atoms with Gasteiger partial charge in [0.25, 0.3) is 0 Å². The SMILES string of the molecule is CNC(Cc1nc(C)c(C)s1)C1C2CCCCC21. The molecule has 1 aromatic rings. The van der Waals surface area contributed by atoms with Gasteiger partial charge in [-0.1, -0.05) is 12.8 Å². The maximum atomic E-state index is 4.70. The summed E-state index contributed by atoms with van der Waals surface area (Å²) in [5.41, 5.74) is 1.22. The Morgan fingerprint density at radius 2 is 1.94 bits per heavy atom. The van der Waals surface area contributed by atoms with Crippen LogP contribution in [0.1, 0.15) is 41.3 Å². The van der Waals surface area contributed by atoms with Crippen molar-refractivity contribution in [2.75, 3.05) is 7.05 Å². The van der Waals surface area contributed by atoms with Crippen LogP contribution in [0.3, 0.4) is 0 Å². The third-order valence-electron chi connectivity index (χ3n) is 5.03. The van der Waals surface area contributed by atoms with Crippen molar-refractivity contribution >= 4 is 11.3 Å². The Balaban J connectivity index is 1.66. The smallest absolute Gasteiger partial charge is 0.0946 e. The standard InChI is InChI=1S/C15H24N2S/c1-9-10(2)18-14(17-9)8-13(16-3)15-11-6-4-5-7-12(11)15/h11-13,15-16H,4-8H2,1-3H3. The number of aryl methyl sites for hydroxylation is 2. The van der Waals surface area contributed by atoms with E-state index >= 15 is 0 Å². The molecule has 0 aliphatic heterocycles. The molecule has 2 fully saturated rings. The molecule has 1 N–H and O–H groups in total. The maximum absolute atomic E-state index is 4.70. The fourth-order valence-corrected chi connectivity index (χ4v) is 4.88. The molecule has 2 nitrogen and oxygen atoms in total. The lowest BCUT2D eigenvalue weighted by Crippen LogP contribution is -2.31. The zero-order valence-corrected chi connectivity index (χ0v) is 12.5. The molecule has 3 heteroatoms. The Labute approximate surface area is 114 Å². The molecule has 0 radical (unpaired) electrons. The van der Waals surface area contributed by atoms with Crippen LogP contribution in [0.2, 0.25) is 0 Å². The van der Waals surface area contributed by atoms with Crippen LogP contribution < -0.4 is 5.32 Å². The monoisotopic (exact) mass is 264 g/mol. The highest BCUT2D eigenvalue weighted by Crippen LogP contribution is 2.57. The van der Waals surface area contributed by atoms with Gasteiger partial charge in [-0.05, 0) is 51.5 Å². The zero-order valence-electron chi connectivity index (χ0n) is 11.7. The molecule has 0 spiro atoms. The average Bonchev–Trinajstić information content (AvgIpc) is 3.01. The molecule has 3 rings (SSSR count). The van der Waals surface area contributed by atoms with Crippen LogP contribution in [0.5, 0.6) is 0 Å². The van der Waals surface area contributed by atoms with Crippen molar-refractivity contribution in [2.24, 2.45) is 17.8 Å². The number of rotatable bonds is 4. The summed E-state index contributed by atoms with van der Waals surface area (Å²) in [4.78, 5) is 6.09. The van der Waals surface area contributed by atoms with Gasteiger partial charge in [0.15, 0.2) is 0 Å². The van der Waals surface area contributed by atoms with Crippen molar-refractivity contribution in [3.05, 3.63) is 15.6 Å². The molecule has 0 saturated heterocycles. The van der Waals surface area contributed by atoms with Crippen LogP contribution in [-0.4, -0.2) is 18.1 Å². The Morgan fingerprint density at radius 1 is 1.28 bits per heavy atom. The van der Waals surface area contributed by atoms with Crippen LogP contribution in [0.25, 0.3) is 0 Å². The van der Waals surface area contributed by atoms with Gasteiger partial charge in [-0.15, -0.1) is 11.3 Å².